The fourth-order valence-electron chi connectivity index (χ4n) is 3.50. The Hall–Kier alpha value is -2.89. The molecule has 0 saturated heterocycles. The zero-order valence-electron chi connectivity index (χ0n) is 16.1. The number of carbonyl (C=O) groups is 1. The van der Waals surface area contributed by atoms with Crippen molar-refractivity contribution in [2.75, 3.05) is 13.7 Å². The van der Waals surface area contributed by atoms with Crippen molar-refractivity contribution in [1.29, 1.82) is 0 Å². The smallest absolute Gasteiger partial charge is 0.303 e. The van der Waals surface area contributed by atoms with Gasteiger partial charge < -0.3 is 14.6 Å². The maximum atomic E-state index is 14.0. The quantitative estimate of drug-likeness (QED) is 0.721. The molecule has 0 radical (unpaired) electrons. The molecule has 1 aliphatic rings. The number of allylic oxidation sites excluding steroid dienone is 1. The lowest BCUT2D eigenvalue weighted by Crippen LogP contribution is -2.04. The van der Waals surface area contributed by atoms with Crippen LogP contribution in [0, 0.1) is 12.7 Å². The summed E-state index contributed by atoms with van der Waals surface area (Å²) in [6.07, 6.45) is 5.06. The number of halogens is 1. The number of methoxy groups -OCH3 is 1. The molecule has 0 atom stereocenters. The number of nitrogens with zero attached hydrogens (tertiary/aromatic N) is 1. The number of aryl methyl sites for hydroxylation is 2. The standard InChI is InChI=1S/C22H24FNO4/c1-14-10-15(7-9-21(25)26)6-8-20(14)28-13-16-4-3-5-18(16)17-11-19(23)22(27-2)24-12-17/h6,8,10-12H,3-5,7,9,13H2,1-2H3,(H,25,26). The lowest BCUT2D eigenvalue weighted by atomic mass is 10.0. The van der Waals surface area contributed by atoms with E-state index in [0.717, 1.165) is 52.8 Å². The molecular formula is C22H24FNO4. The summed E-state index contributed by atoms with van der Waals surface area (Å²) in [6.45, 7) is 2.39. The third-order valence-electron chi connectivity index (χ3n) is 4.95. The first-order chi connectivity index (χ1) is 13.5. The summed E-state index contributed by atoms with van der Waals surface area (Å²) in [5.41, 5.74) is 4.97. The van der Waals surface area contributed by atoms with Crippen molar-refractivity contribution in [3.05, 3.63) is 58.5 Å². The second kappa shape index (κ2) is 8.87. The lowest BCUT2D eigenvalue weighted by Gasteiger charge is -2.13. The summed E-state index contributed by atoms with van der Waals surface area (Å²) in [7, 11) is 1.40. The van der Waals surface area contributed by atoms with Gasteiger partial charge in [0.2, 0.25) is 5.88 Å². The van der Waals surface area contributed by atoms with Crippen LogP contribution in [0.2, 0.25) is 0 Å². The predicted octanol–water partition coefficient (Wildman–Crippen LogP) is 4.57. The number of hydrogen-bond acceptors (Lipinski definition) is 4. The average Bonchev–Trinajstić information content (AvgIpc) is 3.14. The Balaban J connectivity index is 1.71. The van der Waals surface area contributed by atoms with Gasteiger partial charge in [0.1, 0.15) is 12.4 Å². The van der Waals surface area contributed by atoms with Gasteiger partial charge in [-0.3, -0.25) is 4.79 Å². The SMILES string of the molecule is COc1ncc(C2=C(COc3ccc(CCC(=O)O)cc3C)CCC2)cc1F. The number of pyridine rings is 1. The highest BCUT2D eigenvalue weighted by atomic mass is 19.1. The van der Waals surface area contributed by atoms with E-state index < -0.39 is 11.8 Å². The molecule has 1 aromatic carbocycles. The van der Waals surface area contributed by atoms with Crippen LogP contribution in [0.25, 0.3) is 5.57 Å². The predicted molar refractivity (Wildman–Crippen MR) is 104 cm³/mol. The van der Waals surface area contributed by atoms with E-state index in [-0.39, 0.29) is 12.3 Å². The third-order valence-corrected chi connectivity index (χ3v) is 4.95. The van der Waals surface area contributed by atoms with Gasteiger partial charge in [-0.2, -0.15) is 0 Å². The number of carboxylic acid groups (broad SMARTS) is 1. The number of hydrogen-bond donors (Lipinski definition) is 1. The Morgan fingerprint density at radius 3 is 2.79 bits per heavy atom. The fraction of sp³-hybridized carbons (Fsp3) is 0.364. The number of aliphatic carboxylic acids is 1. The Bertz CT molecular complexity index is 907. The summed E-state index contributed by atoms with van der Waals surface area (Å²) in [6, 6.07) is 7.22. The normalized spacial score (nSPS) is 13.7. The largest absolute Gasteiger partial charge is 0.489 e. The molecule has 0 aliphatic heterocycles. The highest BCUT2D eigenvalue weighted by Crippen LogP contribution is 2.35. The van der Waals surface area contributed by atoms with Gasteiger partial charge in [-0.1, -0.05) is 12.1 Å². The molecule has 6 heteroatoms. The molecule has 148 valence electrons. The molecule has 2 aromatic rings. The number of rotatable bonds is 8. The molecule has 0 fully saturated rings. The third kappa shape index (κ3) is 4.68. The minimum atomic E-state index is -0.803. The van der Waals surface area contributed by atoms with E-state index in [1.807, 2.05) is 25.1 Å². The van der Waals surface area contributed by atoms with Crippen molar-refractivity contribution in [2.45, 2.75) is 39.0 Å². The minimum Gasteiger partial charge on any atom is -0.489 e. The van der Waals surface area contributed by atoms with Crippen LogP contribution in [0.1, 0.15) is 42.4 Å². The first-order valence-electron chi connectivity index (χ1n) is 9.33. The molecule has 28 heavy (non-hydrogen) atoms. The topological polar surface area (TPSA) is 68.7 Å². The molecular weight excluding hydrogens is 361 g/mol. The van der Waals surface area contributed by atoms with Crippen LogP contribution in [0.3, 0.4) is 0 Å². The van der Waals surface area contributed by atoms with Gasteiger partial charge in [0.25, 0.3) is 0 Å². The van der Waals surface area contributed by atoms with Gasteiger partial charge in [0.15, 0.2) is 5.82 Å². The Labute approximate surface area is 163 Å². The molecule has 0 bridgehead atoms. The van der Waals surface area contributed by atoms with Gasteiger partial charge in [-0.25, -0.2) is 9.37 Å². The zero-order chi connectivity index (χ0) is 20.1. The van der Waals surface area contributed by atoms with Crippen LogP contribution < -0.4 is 9.47 Å². The number of carboxylic acids is 1. The van der Waals surface area contributed by atoms with E-state index in [2.05, 4.69) is 4.98 Å². The van der Waals surface area contributed by atoms with Gasteiger partial charge in [-0.15, -0.1) is 0 Å². The van der Waals surface area contributed by atoms with Crippen LogP contribution in [-0.2, 0) is 11.2 Å². The van der Waals surface area contributed by atoms with Crippen molar-refractivity contribution in [1.82, 2.24) is 4.98 Å². The van der Waals surface area contributed by atoms with Crippen molar-refractivity contribution in [3.8, 4) is 11.6 Å². The maximum absolute atomic E-state index is 14.0. The van der Waals surface area contributed by atoms with Crippen molar-refractivity contribution in [2.24, 2.45) is 0 Å². The van der Waals surface area contributed by atoms with Gasteiger partial charge in [-0.05, 0) is 72.6 Å². The van der Waals surface area contributed by atoms with Gasteiger partial charge in [0, 0.05) is 12.6 Å². The molecule has 0 unspecified atom stereocenters. The van der Waals surface area contributed by atoms with E-state index in [1.54, 1.807) is 6.20 Å². The number of ether oxygens (including phenoxy) is 2. The van der Waals surface area contributed by atoms with E-state index in [9.17, 15) is 9.18 Å². The lowest BCUT2D eigenvalue weighted by molar-refractivity contribution is -0.136. The first kappa shape index (κ1) is 19.9. The van der Waals surface area contributed by atoms with Crippen molar-refractivity contribution >= 4 is 11.5 Å². The monoisotopic (exact) mass is 385 g/mol. The van der Waals surface area contributed by atoms with Crippen LogP contribution in [0.4, 0.5) is 4.39 Å². The second-order valence-electron chi connectivity index (χ2n) is 6.93. The molecule has 5 nitrogen and oxygen atoms in total. The molecule has 1 aromatic heterocycles. The van der Waals surface area contributed by atoms with Crippen LogP contribution in [-0.4, -0.2) is 29.8 Å². The van der Waals surface area contributed by atoms with Crippen LogP contribution in [0.5, 0.6) is 11.6 Å². The molecule has 0 amide bonds. The van der Waals surface area contributed by atoms with Gasteiger partial charge in [0.05, 0.1) is 7.11 Å². The van der Waals surface area contributed by atoms with Crippen LogP contribution >= 0.6 is 0 Å². The van der Waals surface area contributed by atoms with Crippen molar-refractivity contribution < 1.29 is 23.8 Å². The number of benzene rings is 1. The molecule has 1 N–H and O–H groups in total. The summed E-state index contributed by atoms with van der Waals surface area (Å²) < 4.78 is 24.9. The summed E-state index contributed by atoms with van der Waals surface area (Å²) >= 11 is 0. The maximum Gasteiger partial charge on any atom is 0.303 e. The van der Waals surface area contributed by atoms with Crippen molar-refractivity contribution in [3.63, 3.8) is 0 Å². The van der Waals surface area contributed by atoms with E-state index in [1.165, 1.54) is 13.2 Å². The zero-order valence-corrected chi connectivity index (χ0v) is 16.1. The fourth-order valence-corrected chi connectivity index (χ4v) is 3.50. The molecule has 3 rings (SSSR count). The Kier molecular flexibility index (Phi) is 6.29. The molecule has 0 saturated carbocycles. The minimum absolute atomic E-state index is 0.00115. The van der Waals surface area contributed by atoms with E-state index >= 15 is 0 Å². The Morgan fingerprint density at radius 1 is 1.29 bits per heavy atom. The van der Waals surface area contributed by atoms with E-state index in [0.29, 0.717) is 13.0 Å². The molecule has 1 aliphatic carbocycles. The average molecular weight is 385 g/mol. The summed E-state index contributed by atoms with van der Waals surface area (Å²) in [5, 5.41) is 8.80. The highest BCUT2D eigenvalue weighted by Gasteiger charge is 2.19. The molecule has 0 spiro atoms. The Morgan fingerprint density at radius 2 is 2.11 bits per heavy atom. The first-order valence-corrected chi connectivity index (χ1v) is 9.33. The second-order valence-corrected chi connectivity index (χ2v) is 6.93. The van der Waals surface area contributed by atoms with Gasteiger partial charge >= 0.3 is 5.97 Å². The van der Waals surface area contributed by atoms with Crippen LogP contribution in [0.15, 0.2) is 36.0 Å². The highest BCUT2D eigenvalue weighted by molar-refractivity contribution is 5.70. The number of aromatic nitrogens is 1. The summed E-state index contributed by atoms with van der Waals surface area (Å²) in [5.74, 6) is -0.494. The van der Waals surface area contributed by atoms with E-state index in [4.69, 9.17) is 14.6 Å². The molecule has 1 heterocycles. The summed E-state index contributed by atoms with van der Waals surface area (Å²) in [4.78, 5) is 14.7.